The van der Waals surface area contributed by atoms with Crippen molar-refractivity contribution in [1.29, 1.82) is 0 Å². The number of rotatable bonds is 6. The van der Waals surface area contributed by atoms with Crippen LogP contribution in [0.4, 0.5) is 18.9 Å². The smallest absolute Gasteiger partial charge is 0.416 e. The Bertz CT molecular complexity index is 484. The number of anilines is 1. The van der Waals surface area contributed by atoms with Crippen LogP contribution in [0.5, 0.6) is 0 Å². The largest absolute Gasteiger partial charge is 0.477 e. The van der Waals surface area contributed by atoms with Crippen LogP contribution in [0.3, 0.4) is 0 Å². The standard InChI is InChI=1S/C12H13F3N2O3/c1-2-20-7-10(11(18)19)17-16-9-5-3-8(4-6-9)12(13,14)15/h3-6,16H,2,7H2,1H3,(H,18,19)/b17-10+. The van der Waals surface area contributed by atoms with Crippen LogP contribution in [0, 0.1) is 0 Å². The average molecular weight is 290 g/mol. The minimum absolute atomic E-state index is 0.195. The number of hydrogen-bond donors (Lipinski definition) is 2. The lowest BCUT2D eigenvalue weighted by Gasteiger charge is -2.08. The Kier molecular flexibility index (Phi) is 5.51. The van der Waals surface area contributed by atoms with Crippen LogP contribution in [0.2, 0.25) is 0 Å². The van der Waals surface area contributed by atoms with Crippen molar-refractivity contribution in [3.05, 3.63) is 29.8 Å². The number of hydrogen-bond acceptors (Lipinski definition) is 4. The molecule has 0 saturated heterocycles. The summed E-state index contributed by atoms with van der Waals surface area (Å²) in [6.07, 6.45) is -4.41. The Labute approximate surface area is 113 Å². The van der Waals surface area contributed by atoms with Gasteiger partial charge in [-0.25, -0.2) is 4.79 Å². The van der Waals surface area contributed by atoms with Crippen molar-refractivity contribution in [2.75, 3.05) is 18.6 Å². The summed E-state index contributed by atoms with van der Waals surface area (Å²) in [5, 5.41) is 12.4. The lowest BCUT2D eigenvalue weighted by molar-refractivity contribution is -0.137. The molecule has 2 N–H and O–H groups in total. The first-order chi connectivity index (χ1) is 9.34. The Morgan fingerprint density at radius 2 is 1.95 bits per heavy atom. The molecule has 0 atom stereocenters. The van der Waals surface area contributed by atoms with Gasteiger partial charge in [0.05, 0.1) is 17.9 Å². The van der Waals surface area contributed by atoms with Crippen LogP contribution in [-0.2, 0) is 15.7 Å². The van der Waals surface area contributed by atoms with Crippen LogP contribution in [0.15, 0.2) is 29.4 Å². The highest BCUT2D eigenvalue weighted by Crippen LogP contribution is 2.29. The van der Waals surface area contributed by atoms with E-state index in [0.717, 1.165) is 24.3 Å². The highest BCUT2D eigenvalue weighted by atomic mass is 19.4. The van der Waals surface area contributed by atoms with E-state index >= 15 is 0 Å². The zero-order valence-electron chi connectivity index (χ0n) is 10.6. The van der Waals surface area contributed by atoms with Crippen LogP contribution in [-0.4, -0.2) is 30.0 Å². The average Bonchev–Trinajstić information content (AvgIpc) is 2.38. The van der Waals surface area contributed by atoms with E-state index in [0.29, 0.717) is 6.61 Å². The molecule has 0 aliphatic carbocycles. The number of carbonyl (C=O) groups is 1. The molecule has 0 aliphatic rings. The third kappa shape index (κ3) is 4.88. The molecular formula is C12H13F3N2O3. The SMILES string of the molecule is CCOC/C(=N\Nc1ccc(C(F)(F)F)cc1)C(=O)O. The van der Waals surface area contributed by atoms with Gasteiger partial charge in [-0.15, -0.1) is 0 Å². The highest BCUT2D eigenvalue weighted by molar-refractivity contribution is 6.36. The molecular weight excluding hydrogens is 277 g/mol. The van der Waals surface area contributed by atoms with Gasteiger partial charge in [0.15, 0.2) is 5.71 Å². The minimum atomic E-state index is -4.41. The third-order valence-corrected chi connectivity index (χ3v) is 2.22. The number of carboxylic acid groups (broad SMARTS) is 1. The second-order valence-corrected chi connectivity index (χ2v) is 3.69. The molecule has 110 valence electrons. The predicted octanol–water partition coefficient (Wildman–Crippen LogP) is 2.59. The van der Waals surface area contributed by atoms with E-state index in [1.165, 1.54) is 0 Å². The maximum atomic E-state index is 12.3. The van der Waals surface area contributed by atoms with E-state index in [-0.39, 0.29) is 18.0 Å². The molecule has 0 unspecified atom stereocenters. The first-order valence-electron chi connectivity index (χ1n) is 5.65. The summed E-state index contributed by atoms with van der Waals surface area (Å²) in [5.74, 6) is -1.27. The summed E-state index contributed by atoms with van der Waals surface area (Å²) in [7, 11) is 0. The fourth-order valence-corrected chi connectivity index (χ4v) is 1.21. The number of ether oxygens (including phenoxy) is 1. The Balaban J connectivity index is 2.74. The molecule has 0 aromatic heterocycles. The zero-order chi connectivity index (χ0) is 15.2. The van der Waals surface area contributed by atoms with E-state index in [9.17, 15) is 18.0 Å². The molecule has 8 heteroatoms. The number of alkyl halides is 3. The first-order valence-corrected chi connectivity index (χ1v) is 5.65. The fourth-order valence-electron chi connectivity index (χ4n) is 1.21. The van der Waals surface area contributed by atoms with Gasteiger partial charge in [0.1, 0.15) is 0 Å². The molecule has 1 rings (SSSR count). The Morgan fingerprint density at radius 3 is 2.40 bits per heavy atom. The van der Waals surface area contributed by atoms with Crippen LogP contribution >= 0.6 is 0 Å². The van der Waals surface area contributed by atoms with Gasteiger partial charge in [-0.3, -0.25) is 5.43 Å². The lowest BCUT2D eigenvalue weighted by atomic mass is 10.2. The number of aliphatic carboxylic acids is 1. The van der Waals surface area contributed by atoms with Gasteiger partial charge in [-0.2, -0.15) is 18.3 Å². The zero-order valence-corrected chi connectivity index (χ0v) is 10.6. The van der Waals surface area contributed by atoms with E-state index in [4.69, 9.17) is 9.84 Å². The highest BCUT2D eigenvalue weighted by Gasteiger charge is 2.29. The molecule has 0 heterocycles. The van der Waals surface area contributed by atoms with Gasteiger partial charge >= 0.3 is 12.1 Å². The molecule has 0 bridgehead atoms. The number of nitrogens with zero attached hydrogens (tertiary/aromatic N) is 1. The van der Waals surface area contributed by atoms with Crippen molar-refractivity contribution >= 4 is 17.4 Å². The van der Waals surface area contributed by atoms with Crippen molar-refractivity contribution in [2.45, 2.75) is 13.1 Å². The van der Waals surface area contributed by atoms with E-state index in [1.807, 2.05) is 0 Å². The number of halogens is 3. The molecule has 1 aromatic rings. The van der Waals surface area contributed by atoms with E-state index < -0.39 is 17.7 Å². The number of nitrogens with one attached hydrogen (secondary N) is 1. The predicted molar refractivity (Wildman–Crippen MR) is 66.6 cm³/mol. The third-order valence-electron chi connectivity index (χ3n) is 2.22. The fraction of sp³-hybridized carbons (Fsp3) is 0.333. The van der Waals surface area contributed by atoms with Crippen molar-refractivity contribution in [2.24, 2.45) is 5.10 Å². The second kappa shape index (κ2) is 6.90. The summed E-state index contributed by atoms with van der Waals surface area (Å²) in [5.41, 5.74) is 1.55. The molecule has 0 spiro atoms. The minimum Gasteiger partial charge on any atom is -0.477 e. The molecule has 5 nitrogen and oxygen atoms in total. The van der Waals surface area contributed by atoms with Crippen molar-refractivity contribution in [1.82, 2.24) is 0 Å². The molecule has 0 fully saturated rings. The van der Waals surface area contributed by atoms with Gasteiger partial charge in [-0.1, -0.05) is 0 Å². The van der Waals surface area contributed by atoms with Crippen molar-refractivity contribution < 1.29 is 27.8 Å². The van der Waals surface area contributed by atoms with E-state index in [1.54, 1.807) is 6.92 Å². The molecule has 20 heavy (non-hydrogen) atoms. The van der Waals surface area contributed by atoms with Crippen LogP contribution in [0.25, 0.3) is 0 Å². The summed E-state index contributed by atoms with van der Waals surface area (Å²) in [6, 6.07) is 4.07. The number of hydrazone groups is 1. The molecule has 1 aromatic carbocycles. The molecule has 0 saturated carbocycles. The van der Waals surface area contributed by atoms with Crippen molar-refractivity contribution in [3.8, 4) is 0 Å². The monoisotopic (exact) mass is 290 g/mol. The van der Waals surface area contributed by atoms with Crippen molar-refractivity contribution in [3.63, 3.8) is 0 Å². The molecule has 0 radical (unpaired) electrons. The quantitative estimate of drug-likeness (QED) is 0.624. The number of carboxylic acids is 1. The lowest BCUT2D eigenvalue weighted by Crippen LogP contribution is -2.21. The van der Waals surface area contributed by atoms with Gasteiger partial charge in [0.2, 0.25) is 0 Å². The van der Waals surface area contributed by atoms with Gasteiger partial charge in [0.25, 0.3) is 0 Å². The van der Waals surface area contributed by atoms with Gasteiger partial charge in [-0.05, 0) is 31.2 Å². The van der Waals surface area contributed by atoms with Gasteiger partial charge < -0.3 is 9.84 Å². The Morgan fingerprint density at radius 1 is 1.35 bits per heavy atom. The van der Waals surface area contributed by atoms with E-state index in [2.05, 4.69) is 10.5 Å². The maximum Gasteiger partial charge on any atom is 0.416 e. The maximum absolute atomic E-state index is 12.3. The van der Waals surface area contributed by atoms with Crippen LogP contribution < -0.4 is 5.43 Å². The normalized spacial score (nSPS) is 12.3. The summed E-state index contributed by atoms with van der Waals surface area (Å²) in [4.78, 5) is 10.8. The molecule has 0 amide bonds. The summed E-state index contributed by atoms with van der Waals surface area (Å²) < 4.78 is 41.9. The Hall–Kier alpha value is -2.09. The molecule has 0 aliphatic heterocycles. The topological polar surface area (TPSA) is 70.9 Å². The van der Waals surface area contributed by atoms with Gasteiger partial charge in [0, 0.05) is 6.61 Å². The van der Waals surface area contributed by atoms with Crippen LogP contribution in [0.1, 0.15) is 12.5 Å². The first kappa shape index (κ1) is 16.0. The second-order valence-electron chi connectivity index (χ2n) is 3.69. The number of benzene rings is 1. The summed E-state index contributed by atoms with van der Waals surface area (Å²) >= 11 is 0. The summed E-state index contributed by atoms with van der Waals surface area (Å²) in [6.45, 7) is 1.83.